The summed E-state index contributed by atoms with van der Waals surface area (Å²) in [6, 6.07) is 11.7. The van der Waals surface area contributed by atoms with Crippen molar-refractivity contribution in [2.45, 2.75) is 72.4 Å². The van der Waals surface area contributed by atoms with E-state index < -0.39 is 5.60 Å². The molecule has 0 atom stereocenters. The lowest BCUT2D eigenvalue weighted by atomic mass is 9.95. The van der Waals surface area contributed by atoms with Crippen molar-refractivity contribution in [3.05, 3.63) is 82.4 Å². The van der Waals surface area contributed by atoms with Crippen LogP contribution in [-0.4, -0.2) is 20.9 Å². The van der Waals surface area contributed by atoms with Gasteiger partial charge in [-0.2, -0.15) is 0 Å². The van der Waals surface area contributed by atoms with Crippen LogP contribution in [0.1, 0.15) is 67.9 Å². The van der Waals surface area contributed by atoms with E-state index in [4.69, 9.17) is 4.74 Å². The summed E-state index contributed by atoms with van der Waals surface area (Å²) in [7, 11) is 0. The van der Waals surface area contributed by atoms with Crippen LogP contribution >= 0.6 is 0 Å². The zero-order valence-corrected chi connectivity index (χ0v) is 19.2. The van der Waals surface area contributed by atoms with Crippen LogP contribution in [0.15, 0.2) is 54.6 Å². The van der Waals surface area contributed by atoms with Crippen LogP contribution in [0, 0.1) is 6.92 Å². The first kappa shape index (κ1) is 24.9. The number of aliphatic hydroxyl groups is 3. The molecule has 0 bridgehead atoms. The average molecular weight is 425 g/mol. The summed E-state index contributed by atoms with van der Waals surface area (Å²) in [5, 5.41) is 29.3. The van der Waals surface area contributed by atoms with Gasteiger partial charge in [-0.05, 0) is 77.8 Å². The second-order valence-electron chi connectivity index (χ2n) is 7.90. The summed E-state index contributed by atoms with van der Waals surface area (Å²) in [5.74, 6) is 0.777. The minimum absolute atomic E-state index is 0.0904. The number of benzene rings is 2. The van der Waals surface area contributed by atoms with E-state index in [2.05, 4.69) is 32.1 Å². The molecule has 0 aliphatic carbocycles. The molecule has 4 heteroatoms. The number of hydrogen-bond acceptors (Lipinski definition) is 4. The number of aliphatic hydroxyl groups excluding tert-OH is 2. The highest BCUT2D eigenvalue weighted by molar-refractivity contribution is 5.70. The van der Waals surface area contributed by atoms with Crippen molar-refractivity contribution in [3.8, 4) is 5.75 Å². The third-order valence-corrected chi connectivity index (χ3v) is 5.88. The predicted octanol–water partition coefficient (Wildman–Crippen LogP) is 5.46. The highest BCUT2D eigenvalue weighted by Crippen LogP contribution is 2.27. The maximum atomic E-state index is 10.5. The Morgan fingerprint density at radius 2 is 1.68 bits per heavy atom. The summed E-state index contributed by atoms with van der Waals surface area (Å²) in [5.41, 5.74) is 5.12. The standard InChI is InChI=1S/C27H36O4/c1-5-22(9-8-14-27(30,6-2)7-3)26-16-25(13-10-20(26)4)31-19-21-11-12-23(17-28)24(15-21)18-29/h8-16,28-30H,5-7,17-19H2,1-4H3. The fourth-order valence-corrected chi connectivity index (χ4v) is 3.50. The van der Waals surface area contributed by atoms with Gasteiger partial charge in [0.05, 0.1) is 18.8 Å². The van der Waals surface area contributed by atoms with Gasteiger partial charge >= 0.3 is 0 Å². The van der Waals surface area contributed by atoms with Crippen molar-refractivity contribution < 1.29 is 20.1 Å². The van der Waals surface area contributed by atoms with Crippen LogP contribution in [0.25, 0.3) is 5.57 Å². The number of allylic oxidation sites excluding steroid dienone is 3. The Morgan fingerprint density at radius 1 is 0.968 bits per heavy atom. The molecular weight excluding hydrogens is 388 g/mol. The molecule has 0 heterocycles. The molecule has 2 aromatic rings. The second-order valence-corrected chi connectivity index (χ2v) is 7.90. The Morgan fingerprint density at radius 3 is 2.29 bits per heavy atom. The highest BCUT2D eigenvalue weighted by Gasteiger charge is 2.17. The van der Waals surface area contributed by atoms with E-state index in [9.17, 15) is 15.3 Å². The van der Waals surface area contributed by atoms with E-state index in [0.717, 1.165) is 34.4 Å². The Bertz CT molecular complexity index is 907. The average Bonchev–Trinajstić information content (AvgIpc) is 2.81. The smallest absolute Gasteiger partial charge is 0.120 e. The molecule has 0 fully saturated rings. The lowest BCUT2D eigenvalue weighted by Crippen LogP contribution is -2.22. The second kappa shape index (κ2) is 11.8. The fraction of sp³-hybridized carbons (Fsp3) is 0.407. The lowest BCUT2D eigenvalue weighted by Gasteiger charge is -2.20. The molecule has 0 saturated carbocycles. The molecule has 0 aliphatic rings. The molecule has 2 rings (SSSR count). The monoisotopic (exact) mass is 424 g/mol. The van der Waals surface area contributed by atoms with Crippen molar-refractivity contribution >= 4 is 5.57 Å². The van der Waals surface area contributed by atoms with Crippen LogP contribution in [0.5, 0.6) is 5.75 Å². The number of aryl methyl sites for hydroxylation is 1. The van der Waals surface area contributed by atoms with Crippen LogP contribution in [0.4, 0.5) is 0 Å². The van der Waals surface area contributed by atoms with E-state index in [1.807, 2.05) is 50.3 Å². The Kier molecular flexibility index (Phi) is 9.50. The maximum Gasteiger partial charge on any atom is 0.120 e. The van der Waals surface area contributed by atoms with Crippen molar-refractivity contribution in [3.63, 3.8) is 0 Å². The molecule has 0 aliphatic heterocycles. The number of rotatable bonds is 11. The topological polar surface area (TPSA) is 69.9 Å². The maximum absolute atomic E-state index is 10.5. The molecule has 0 unspecified atom stereocenters. The van der Waals surface area contributed by atoms with Crippen LogP contribution in [-0.2, 0) is 19.8 Å². The van der Waals surface area contributed by atoms with Gasteiger partial charge in [0, 0.05) is 0 Å². The zero-order valence-electron chi connectivity index (χ0n) is 19.2. The predicted molar refractivity (Wildman–Crippen MR) is 127 cm³/mol. The Labute approximate surface area is 186 Å². The van der Waals surface area contributed by atoms with Gasteiger partial charge in [0.15, 0.2) is 0 Å². The van der Waals surface area contributed by atoms with Crippen molar-refractivity contribution in [1.29, 1.82) is 0 Å². The molecule has 4 nitrogen and oxygen atoms in total. The first-order chi connectivity index (χ1) is 14.9. The molecular formula is C27H36O4. The lowest BCUT2D eigenvalue weighted by molar-refractivity contribution is 0.0828. The van der Waals surface area contributed by atoms with Crippen LogP contribution in [0.3, 0.4) is 0 Å². The van der Waals surface area contributed by atoms with Crippen LogP contribution < -0.4 is 4.74 Å². The van der Waals surface area contributed by atoms with Crippen molar-refractivity contribution in [1.82, 2.24) is 0 Å². The zero-order chi connectivity index (χ0) is 22.9. The molecule has 3 N–H and O–H groups in total. The van der Waals surface area contributed by atoms with Gasteiger partial charge in [-0.25, -0.2) is 0 Å². The van der Waals surface area contributed by atoms with Gasteiger partial charge in [0.25, 0.3) is 0 Å². The van der Waals surface area contributed by atoms with Crippen molar-refractivity contribution in [2.24, 2.45) is 0 Å². The SMILES string of the molecule is CCC(=CC=CC(O)(CC)CC)c1cc(OCc2ccc(CO)c(CO)c2)ccc1C. The summed E-state index contributed by atoms with van der Waals surface area (Å²) in [6.07, 6.45) is 8.16. The van der Waals surface area contributed by atoms with E-state index in [1.165, 1.54) is 11.1 Å². The third kappa shape index (κ3) is 6.79. The summed E-state index contributed by atoms with van der Waals surface area (Å²) < 4.78 is 6.02. The van der Waals surface area contributed by atoms with Crippen molar-refractivity contribution in [2.75, 3.05) is 0 Å². The Balaban J connectivity index is 2.20. The van der Waals surface area contributed by atoms with Gasteiger partial charge < -0.3 is 20.1 Å². The molecule has 2 aromatic carbocycles. The van der Waals surface area contributed by atoms with Gasteiger partial charge in [-0.1, -0.05) is 57.2 Å². The molecule has 168 valence electrons. The first-order valence-corrected chi connectivity index (χ1v) is 11.1. The minimum Gasteiger partial charge on any atom is -0.489 e. The van der Waals surface area contributed by atoms with Gasteiger partial charge in [0.2, 0.25) is 0 Å². The third-order valence-electron chi connectivity index (χ3n) is 5.88. The summed E-state index contributed by atoms with van der Waals surface area (Å²) in [4.78, 5) is 0. The molecule has 0 aromatic heterocycles. The van der Waals surface area contributed by atoms with E-state index >= 15 is 0 Å². The molecule has 31 heavy (non-hydrogen) atoms. The summed E-state index contributed by atoms with van der Waals surface area (Å²) in [6.45, 7) is 8.37. The number of hydrogen-bond donors (Lipinski definition) is 3. The normalized spacial score (nSPS) is 12.5. The van der Waals surface area contributed by atoms with Gasteiger partial charge in [-0.15, -0.1) is 0 Å². The first-order valence-electron chi connectivity index (χ1n) is 11.1. The van der Waals surface area contributed by atoms with Gasteiger partial charge in [-0.3, -0.25) is 0 Å². The molecule has 0 radical (unpaired) electrons. The Hall–Kier alpha value is -2.40. The van der Waals surface area contributed by atoms with Crippen LogP contribution in [0.2, 0.25) is 0 Å². The quantitative estimate of drug-likeness (QED) is 0.419. The van der Waals surface area contributed by atoms with E-state index in [1.54, 1.807) is 0 Å². The van der Waals surface area contributed by atoms with Gasteiger partial charge in [0.1, 0.15) is 12.4 Å². The van der Waals surface area contributed by atoms with E-state index in [0.29, 0.717) is 19.4 Å². The largest absolute Gasteiger partial charge is 0.489 e. The summed E-state index contributed by atoms with van der Waals surface area (Å²) >= 11 is 0. The highest BCUT2D eigenvalue weighted by atomic mass is 16.5. The number of ether oxygens (including phenoxy) is 1. The molecule has 0 saturated heterocycles. The fourth-order valence-electron chi connectivity index (χ4n) is 3.50. The minimum atomic E-state index is -0.756. The molecule has 0 amide bonds. The van der Waals surface area contributed by atoms with E-state index in [-0.39, 0.29) is 13.2 Å². The molecule has 0 spiro atoms.